The molecule has 32 heavy (non-hydrogen) atoms. The number of ether oxygens (including phenoxy) is 3. The third-order valence-corrected chi connectivity index (χ3v) is 6.24. The van der Waals surface area contributed by atoms with Crippen LogP contribution in [-0.4, -0.2) is 36.4 Å². The van der Waals surface area contributed by atoms with E-state index in [-0.39, 0.29) is 41.6 Å². The number of benzene rings is 1. The van der Waals surface area contributed by atoms with Gasteiger partial charge in [0.05, 0.1) is 6.10 Å². The van der Waals surface area contributed by atoms with Gasteiger partial charge in [-0.2, -0.15) is 0 Å². The largest absolute Gasteiger partial charge is 0.573 e. The van der Waals surface area contributed by atoms with Crippen LogP contribution in [0.4, 0.5) is 13.2 Å². The van der Waals surface area contributed by atoms with E-state index in [1.807, 2.05) is 13.0 Å². The average Bonchev–Trinajstić information content (AvgIpc) is 2.77. The molecule has 2 aromatic rings. The maximum Gasteiger partial charge on any atom is 0.573 e. The number of carbonyl (C=O) groups excluding carboxylic acids is 1. The Labute approximate surface area is 184 Å². The number of hydrogen-bond donors (Lipinski definition) is 1. The molecule has 0 spiro atoms. The molecule has 172 valence electrons. The second-order valence-electron chi connectivity index (χ2n) is 8.27. The van der Waals surface area contributed by atoms with E-state index in [9.17, 15) is 18.0 Å². The topological polar surface area (TPSA) is 69.7 Å². The van der Waals surface area contributed by atoms with E-state index < -0.39 is 6.36 Å². The number of carbonyl (C=O) groups is 1. The first-order chi connectivity index (χ1) is 15.2. The Balaban J connectivity index is 1.42. The number of methoxy groups -OCH3 is 1. The molecule has 0 radical (unpaired) electrons. The summed E-state index contributed by atoms with van der Waals surface area (Å²) in [6.45, 7) is 1.94. The highest BCUT2D eigenvalue weighted by atomic mass is 19.4. The smallest absolute Gasteiger partial charge is 0.439 e. The van der Waals surface area contributed by atoms with Crippen molar-refractivity contribution in [3.05, 3.63) is 48.2 Å². The van der Waals surface area contributed by atoms with Crippen LogP contribution >= 0.6 is 0 Å². The van der Waals surface area contributed by atoms with Gasteiger partial charge in [0.2, 0.25) is 5.88 Å². The van der Waals surface area contributed by atoms with Crippen LogP contribution in [0.2, 0.25) is 0 Å². The monoisotopic (exact) mass is 450 g/mol. The molecule has 2 aliphatic rings. The van der Waals surface area contributed by atoms with Crippen LogP contribution in [0.3, 0.4) is 0 Å². The lowest BCUT2D eigenvalue weighted by atomic mass is 9.71. The minimum atomic E-state index is -4.74. The molecule has 1 aliphatic heterocycles. The lowest BCUT2D eigenvalue weighted by molar-refractivity contribution is -0.274. The summed E-state index contributed by atoms with van der Waals surface area (Å²) in [4.78, 5) is 17.3. The second-order valence-corrected chi connectivity index (χ2v) is 8.27. The number of nitrogens with zero attached hydrogens (tertiary/aromatic N) is 1. The standard InChI is InChI=1S/C23H25F3N2O4/c1-13-21(28-19-11-17(30-2)8-9-18(19)22(13)29)14-3-10-20(27-12-14)31-15-4-6-16(7-5-15)32-23(24,25)26/h3-7,10,12-13,17-19,21,28H,8-9,11H2,1-2H3. The van der Waals surface area contributed by atoms with E-state index in [1.54, 1.807) is 19.4 Å². The number of nitrogens with one attached hydrogen (secondary N) is 1. The number of alkyl halides is 3. The molecule has 9 heteroatoms. The quantitative estimate of drug-likeness (QED) is 0.706. The highest BCUT2D eigenvalue weighted by molar-refractivity contribution is 5.85. The minimum absolute atomic E-state index is 0.0208. The molecule has 1 aromatic carbocycles. The molecule has 5 atom stereocenters. The minimum Gasteiger partial charge on any atom is -0.439 e. The van der Waals surface area contributed by atoms with Crippen molar-refractivity contribution in [2.75, 3.05) is 7.11 Å². The zero-order chi connectivity index (χ0) is 22.9. The predicted molar refractivity (Wildman–Crippen MR) is 109 cm³/mol. The molecular weight excluding hydrogens is 425 g/mol. The first-order valence-electron chi connectivity index (χ1n) is 10.6. The number of hydrogen-bond acceptors (Lipinski definition) is 6. The number of ketones is 1. The summed E-state index contributed by atoms with van der Waals surface area (Å²) in [6.07, 6.45) is -0.378. The Morgan fingerprint density at radius 2 is 1.78 bits per heavy atom. The maximum absolute atomic E-state index is 13.0. The molecule has 0 amide bonds. The number of aromatic nitrogens is 1. The Morgan fingerprint density at radius 1 is 1.06 bits per heavy atom. The van der Waals surface area contributed by atoms with E-state index in [2.05, 4.69) is 15.0 Å². The summed E-state index contributed by atoms with van der Waals surface area (Å²) in [6, 6.07) is 8.54. The van der Waals surface area contributed by atoms with Crippen molar-refractivity contribution in [2.24, 2.45) is 11.8 Å². The number of pyridine rings is 1. The fourth-order valence-electron chi connectivity index (χ4n) is 4.60. The van der Waals surface area contributed by atoms with E-state index >= 15 is 0 Å². The van der Waals surface area contributed by atoms with Crippen LogP contribution in [0.25, 0.3) is 0 Å². The lowest BCUT2D eigenvalue weighted by Crippen LogP contribution is -2.55. The SMILES string of the molecule is COC1CCC2C(=O)C(C)C(c3ccc(Oc4ccc(OC(F)(F)F)cc4)nc3)NC2C1. The van der Waals surface area contributed by atoms with Crippen molar-refractivity contribution in [1.82, 2.24) is 10.3 Å². The highest BCUT2D eigenvalue weighted by Gasteiger charge is 2.44. The van der Waals surface area contributed by atoms with Gasteiger partial charge in [0.1, 0.15) is 17.3 Å². The molecule has 5 unspecified atom stereocenters. The third kappa shape index (κ3) is 5.05. The van der Waals surface area contributed by atoms with Gasteiger partial charge in [0.15, 0.2) is 0 Å². The predicted octanol–water partition coefficient (Wildman–Crippen LogP) is 4.81. The van der Waals surface area contributed by atoms with E-state index in [0.29, 0.717) is 11.6 Å². The van der Waals surface area contributed by atoms with Crippen molar-refractivity contribution >= 4 is 5.78 Å². The van der Waals surface area contributed by atoms with Crippen LogP contribution in [0, 0.1) is 11.8 Å². The van der Waals surface area contributed by atoms with Gasteiger partial charge in [-0.1, -0.05) is 13.0 Å². The van der Waals surface area contributed by atoms with Crippen molar-refractivity contribution in [2.45, 2.75) is 50.7 Å². The van der Waals surface area contributed by atoms with Crippen molar-refractivity contribution in [3.63, 3.8) is 0 Å². The maximum atomic E-state index is 13.0. The number of piperidine rings is 1. The van der Waals surface area contributed by atoms with Crippen LogP contribution in [-0.2, 0) is 9.53 Å². The van der Waals surface area contributed by atoms with Crippen molar-refractivity contribution in [3.8, 4) is 17.4 Å². The molecule has 4 rings (SSSR count). The molecule has 1 saturated heterocycles. The van der Waals surface area contributed by atoms with Gasteiger partial charge < -0.3 is 19.5 Å². The van der Waals surface area contributed by atoms with Gasteiger partial charge in [0, 0.05) is 43.3 Å². The normalized spacial score (nSPS) is 28.2. The zero-order valence-electron chi connectivity index (χ0n) is 17.8. The first kappa shape index (κ1) is 22.5. The summed E-state index contributed by atoms with van der Waals surface area (Å²) in [7, 11) is 1.70. The fourth-order valence-corrected chi connectivity index (χ4v) is 4.60. The van der Waals surface area contributed by atoms with Crippen LogP contribution in [0.1, 0.15) is 37.8 Å². The lowest BCUT2D eigenvalue weighted by Gasteiger charge is -2.44. The van der Waals surface area contributed by atoms with Gasteiger partial charge in [0.25, 0.3) is 0 Å². The van der Waals surface area contributed by atoms with Gasteiger partial charge >= 0.3 is 6.36 Å². The van der Waals surface area contributed by atoms with Crippen molar-refractivity contribution < 1.29 is 32.2 Å². The number of halogens is 3. The molecular formula is C23H25F3N2O4. The molecule has 1 aliphatic carbocycles. The summed E-state index contributed by atoms with van der Waals surface area (Å²) in [5, 5.41) is 3.62. The first-order valence-corrected chi connectivity index (χ1v) is 10.6. The second kappa shape index (κ2) is 9.07. The van der Waals surface area contributed by atoms with E-state index in [0.717, 1.165) is 24.8 Å². The van der Waals surface area contributed by atoms with Crippen molar-refractivity contribution in [1.29, 1.82) is 0 Å². The van der Waals surface area contributed by atoms with Gasteiger partial charge in [-0.25, -0.2) is 4.98 Å². The third-order valence-electron chi connectivity index (χ3n) is 6.24. The van der Waals surface area contributed by atoms with Gasteiger partial charge in [-0.15, -0.1) is 13.2 Å². The molecule has 0 bridgehead atoms. The number of rotatable bonds is 5. The fraction of sp³-hybridized carbons (Fsp3) is 0.478. The number of Topliss-reactive ketones (excluding diaryl/α,β-unsaturated/α-hetero) is 1. The van der Waals surface area contributed by atoms with Crippen LogP contribution < -0.4 is 14.8 Å². The number of fused-ring (bicyclic) bond motifs is 1. The van der Waals surface area contributed by atoms with E-state index in [4.69, 9.17) is 9.47 Å². The Morgan fingerprint density at radius 3 is 2.41 bits per heavy atom. The van der Waals surface area contributed by atoms with Gasteiger partial charge in [-0.3, -0.25) is 4.79 Å². The molecule has 2 heterocycles. The van der Waals surface area contributed by atoms with Crippen LogP contribution in [0.15, 0.2) is 42.6 Å². The zero-order valence-corrected chi connectivity index (χ0v) is 17.8. The van der Waals surface area contributed by atoms with E-state index in [1.165, 1.54) is 24.3 Å². The highest BCUT2D eigenvalue weighted by Crippen LogP contribution is 2.39. The summed E-state index contributed by atoms with van der Waals surface area (Å²) >= 11 is 0. The summed E-state index contributed by atoms with van der Waals surface area (Å²) in [5.41, 5.74) is 0.880. The molecule has 1 saturated carbocycles. The Kier molecular flexibility index (Phi) is 6.39. The molecule has 6 nitrogen and oxygen atoms in total. The molecule has 2 fully saturated rings. The Bertz CT molecular complexity index is 934. The van der Waals surface area contributed by atoms with Crippen LogP contribution in [0.5, 0.6) is 17.4 Å². The average molecular weight is 450 g/mol. The molecule has 1 aromatic heterocycles. The molecule has 1 N–H and O–H groups in total. The summed E-state index contributed by atoms with van der Waals surface area (Å²) in [5.74, 6) is 0.414. The summed E-state index contributed by atoms with van der Waals surface area (Å²) < 4.78 is 51.8. The Hall–Kier alpha value is -2.65. The van der Waals surface area contributed by atoms with Gasteiger partial charge in [-0.05, 0) is 49.1 Å².